The number of carbonyl (C=O) groups excluding carboxylic acids is 1. The number of rotatable bonds is 5. The molecular formula is C23H30N2O3. The van der Waals surface area contributed by atoms with Crippen molar-refractivity contribution in [3.63, 3.8) is 0 Å². The van der Waals surface area contributed by atoms with Gasteiger partial charge in [0.05, 0.1) is 18.9 Å². The number of fused-ring (bicyclic) bond motifs is 2. The zero-order valence-electron chi connectivity index (χ0n) is 17.2. The summed E-state index contributed by atoms with van der Waals surface area (Å²) >= 11 is 0. The summed E-state index contributed by atoms with van der Waals surface area (Å²) in [4.78, 5) is 15.1. The Morgan fingerprint density at radius 1 is 1.18 bits per heavy atom. The van der Waals surface area contributed by atoms with Crippen LogP contribution in [0.5, 0.6) is 5.75 Å². The van der Waals surface area contributed by atoms with Gasteiger partial charge in [-0.3, -0.25) is 9.69 Å². The number of benzene rings is 1. The van der Waals surface area contributed by atoms with Crippen molar-refractivity contribution in [2.24, 2.45) is 0 Å². The fourth-order valence-corrected chi connectivity index (χ4v) is 5.28. The van der Waals surface area contributed by atoms with E-state index in [0.29, 0.717) is 23.7 Å². The number of ether oxygens (including phenoxy) is 1. The van der Waals surface area contributed by atoms with Crippen molar-refractivity contribution in [3.05, 3.63) is 53.0 Å². The number of nitrogens with one attached hydrogen (secondary N) is 1. The van der Waals surface area contributed by atoms with E-state index in [2.05, 4.69) is 43.1 Å². The van der Waals surface area contributed by atoms with Gasteiger partial charge in [-0.2, -0.15) is 0 Å². The van der Waals surface area contributed by atoms with Gasteiger partial charge >= 0.3 is 0 Å². The molecule has 0 saturated carbocycles. The van der Waals surface area contributed by atoms with Crippen molar-refractivity contribution < 1.29 is 13.9 Å². The molecule has 3 unspecified atom stereocenters. The van der Waals surface area contributed by atoms with E-state index in [1.165, 1.54) is 35.8 Å². The largest absolute Gasteiger partial charge is 0.496 e. The quantitative estimate of drug-likeness (QED) is 0.833. The lowest BCUT2D eigenvalue weighted by Crippen LogP contribution is -2.51. The SMILES string of the molecule is COc1ccc(C(C)N2C3CCC2CC(NC(=O)c2ccoc2)C3)c(C)c1C. The molecule has 3 heterocycles. The maximum atomic E-state index is 12.4. The van der Waals surface area contributed by atoms with Crippen LogP contribution in [0, 0.1) is 13.8 Å². The second-order valence-electron chi connectivity index (χ2n) is 8.27. The number of methoxy groups -OCH3 is 1. The number of carbonyl (C=O) groups is 1. The van der Waals surface area contributed by atoms with E-state index < -0.39 is 0 Å². The predicted octanol–water partition coefficient (Wildman–Crippen LogP) is 4.39. The van der Waals surface area contributed by atoms with Crippen molar-refractivity contribution in [1.29, 1.82) is 0 Å². The third-order valence-electron chi connectivity index (χ3n) is 6.80. The van der Waals surface area contributed by atoms with E-state index in [9.17, 15) is 4.79 Å². The number of nitrogens with zero attached hydrogens (tertiary/aromatic N) is 1. The molecule has 2 aliphatic heterocycles. The number of hydrogen-bond donors (Lipinski definition) is 1. The second kappa shape index (κ2) is 7.63. The molecule has 0 aliphatic carbocycles. The van der Waals surface area contributed by atoms with Crippen LogP contribution in [0.25, 0.3) is 0 Å². The summed E-state index contributed by atoms with van der Waals surface area (Å²) in [6.07, 6.45) is 7.50. The van der Waals surface area contributed by atoms with E-state index in [1.807, 2.05) is 0 Å². The molecule has 2 aliphatic rings. The molecule has 2 saturated heterocycles. The molecule has 2 aromatic rings. The van der Waals surface area contributed by atoms with Crippen LogP contribution in [-0.4, -0.2) is 36.0 Å². The Bertz CT molecular complexity index is 832. The van der Waals surface area contributed by atoms with Gasteiger partial charge in [0.1, 0.15) is 12.0 Å². The molecule has 28 heavy (non-hydrogen) atoms. The van der Waals surface area contributed by atoms with Gasteiger partial charge in [0, 0.05) is 24.2 Å². The highest BCUT2D eigenvalue weighted by atomic mass is 16.5. The molecule has 1 N–H and O–H groups in total. The minimum absolute atomic E-state index is 0.0266. The van der Waals surface area contributed by atoms with Crippen LogP contribution in [-0.2, 0) is 0 Å². The van der Waals surface area contributed by atoms with Gasteiger partial charge < -0.3 is 14.5 Å². The average molecular weight is 383 g/mol. The zero-order valence-corrected chi connectivity index (χ0v) is 17.2. The summed E-state index contributed by atoms with van der Waals surface area (Å²) in [5, 5.41) is 3.21. The molecule has 2 fully saturated rings. The van der Waals surface area contributed by atoms with Crippen LogP contribution >= 0.6 is 0 Å². The lowest BCUT2D eigenvalue weighted by Gasteiger charge is -2.43. The lowest BCUT2D eigenvalue weighted by molar-refractivity contribution is 0.0689. The Balaban J connectivity index is 1.48. The first-order valence-corrected chi connectivity index (χ1v) is 10.2. The lowest BCUT2D eigenvalue weighted by atomic mass is 9.91. The Hall–Kier alpha value is -2.27. The Morgan fingerprint density at radius 3 is 2.50 bits per heavy atom. The van der Waals surface area contributed by atoms with Gasteiger partial charge in [0.2, 0.25) is 0 Å². The van der Waals surface area contributed by atoms with Crippen LogP contribution in [0.1, 0.15) is 65.7 Å². The standard InChI is InChI=1S/C23H30N2O3/c1-14-15(2)22(27-4)8-7-21(14)16(3)25-19-5-6-20(25)12-18(11-19)24-23(26)17-9-10-28-13-17/h7-10,13,16,18-20H,5-6,11-12H2,1-4H3,(H,24,26). The molecule has 5 nitrogen and oxygen atoms in total. The van der Waals surface area contributed by atoms with E-state index >= 15 is 0 Å². The van der Waals surface area contributed by atoms with E-state index in [4.69, 9.17) is 9.15 Å². The third kappa shape index (κ3) is 3.32. The van der Waals surface area contributed by atoms with Crippen LogP contribution in [0.15, 0.2) is 35.1 Å². The molecule has 5 heteroatoms. The van der Waals surface area contributed by atoms with Crippen LogP contribution in [0.3, 0.4) is 0 Å². The summed E-state index contributed by atoms with van der Waals surface area (Å²) in [7, 11) is 1.73. The minimum atomic E-state index is -0.0266. The fraction of sp³-hybridized carbons (Fsp3) is 0.522. The topological polar surface area (TPSA) is 54.7 Å². The van der Waals surface area contributed by atoms with Crippen molar-refractivity contribution in [1.82, 2.24) is 10.2 Å². The normalized spacial score (nSPS) is 25.5. The van der Waals surface area contributed by atoms with Gasteiger partial charge in [-0.25, -0.2) is 0 Å². The van der Waals surface area contributed by atoms with Gasteiger partial charge in [-0.1, -0.05) is 6.07 Å². The van der Waals surface area contributed by atoms with Crippen LogP contribution < -0.4 is 10.1 Å². The van der Waals surface area contributed by atoms with Crippen molar-refractivity contribution in [2.75, 3.05) is 7.11 Å². The van der Waals surface area contributed by atoms with Gasteiger partial charge in [-0.05, 0) is 75.3 Å². The smallest absolute Gasteiger partial charge is 0.254 e. The summed E-state index contributed by atoms with van der Waals surface area (Å²) in [5.41, 5.74) is 4.53. The highest BCUT2D eigenvalue weighted by Crippen LogP contribution is 2.43. The van der Waals surface area contributed by atoms with Gasteiger partial charge in [-0.15, -0.1) is 0 Å². The van der Waals surface area contributed by atoms with Crippen LogP contribution in [0.2, 0.25) is 0 Å². The predicted molar refractivity (Wildman–Crippen MR) is 109 cm³/mol. The molecule has 1 amide bonds. The molecule has 0 radical (unpaired) electrons. The minimum Gasteiger partial charge on any atom is -0.496 e. The Kier molecular flexibility index (Phi) is 5.19. The molecule has 3 atom stereocenters. The van der Waals surface area contributed by atoms with E-state index in [-0.39, 0.29) is 11.9 Å². The van der Waals surface area contributed by atoms with Crippen molar-refractivity contribution >= 4 is 5.91 Å². The fourth-order valence-electron chi connectivity index (χ4n) is 5.28. The van der Waals surface area contributed by atoms with Crippen LogP contribution in [0.4, 0.5) is 0 Å². The van der Waals surface area contributed by atoms with Crippen molar-refractivity contribution in [3.8, 4) is 5.75 Å². The number of hydrogen-bond acceptors (Lipinski definition) is 4. The maximum absolute atomic E-state index is 12.4. The van der Waals surface area contributed by atoms with Gasteiger partial charge in [0.15, 0.2) is 0 Å². The molecular weight excluding hydrogens is 352 g/mol. The highest BCUT2D eigenvalue weighted by Gasteiger charge is 2.43. The molecule has 2 bridgehead atoms. The second-order valence-corrected chi connectivity index (χ2v) is 8.27. The summed E-state index contributed by atoms with van der Waals surface area (Å²) in [5.74, 6) is 0.929. The third-order valence-corrected chi connectivity index (χ3v) is 6.80. The molecule has 150 valence electrons. The van der Waals surface area contributed by atoms with Crippen molar-refractivity contribution in [2.45, 2.75) is 70.6 Å². The molecule has 1 aromatic heterocycles. The first-order chi connectivity index (χ1) is 13.5. The maximum Gasteiger partial charge on any atom is 0.254 e. The number of amides is 1. The Labute approximate surface area is 167 Å². The molecule has 1 aromatic carbocycles. The Morgan fingerprint density at radius 2 is 1.89 bits per heavy atom. The summed E-state index contributed by atoms with van der Waals surface area (Å²) < 4.78 is 10.5. The monoisotopic (exact) mass is 382 g/mol. The van der Waals surface area contributed by atoms with E-state index in [1.54, 1.807) is 19.4 Å². The highest BCUT2D eigenvalue weighted by molar-refractivity contribution is 5.93. The zero-order chi connectivity index (χ0) is 19.8. The number of piperidine rings is 1. The summed E-state index contributed by atoms with van der Waals surface area (Å²) in [6, 6.07) is 7.67. The van der Waals surface area contributed by atoms with E-state index in [0.717, 1.165) is 18.6 Å². The molecule has 0 spiro atoms. The first-order valence-electron chi connectivity index (χ1n) is 10.2. The average Bonchev–Trinajstić information content (AvgIpc) is 3.30. The summed E-state index contributed by atoms with van der Waals surface area (Å²) in [6.45, 7) is 6.66. The van der Waals surface area contributed by atoms with Gasteiger partial charge in [0.25, 0.3) is 5.91 Å². The number of furan rings is 1. The molecule has 4 rings (SSSR count). The first kappa shape index (κ1) is 19.1.